The predicted molar refractivity (Wildman–Crippen MR) is 65.0 cm³/mol. The fourth-order valence-corrected chi connectivity index (χ4v) is 2.71. The molecule has 15 heavy (non-hydrogen) atoms. The number of piperidine rings is 1. The average molecular weight is 210 g/mol. The van der Waals surface area contributed by atoms with Crippen molar-refractivity contribution in [2.75, 3.05) is 32.7 Å². The fraction of sp³-hybridized carbons (Fsp3) is 1.00. The van der Waals surface area contributed by atoms with Gasteiger partial charge in [0.25, 0.3) is 0 Å². The number of hydrogen-bond donors (Lipinski definition) is 1. The molecule has 0 bridgehead atoms. The average Bonchev–Trinajstić information content (AvgIpc) is 2.10. The van der Waals surface area contributed by atoms with Gasteiger partial charge < -0.3 is 10.2 Å². The Hall–Kier alpha value is -0.0800. The van der Waals surface area contributed by atoms with Gasteiger partial charge in [-0.05, 0) is 43.2 Å². The lowest BCUT2D eigenvalue weighted by Gasteiger charge is -2.47. The summed E-state index contributed by atoms with van der Waals surface area (Å²) in [4.78, 5) is 2.65. The van der Waals surface area contributed by atoms with Crippen LogP contribution in [0.5, 0.6) is 0 Å². The van der Waals surface area contributed by atoms with Crippen LogP contribution in [-0.2, 0) is 0 Å². The van der Waals surface area contributed by atoms with Crippen LogP contribution in [0, 0.1) is 17.3 Å². The van der Waals surface area contributed by atoms with Crippen LogP contribution >= 0.6 is 0 Å². The number of rotatable bonds is 2. The molecular weight excluding hydrogens is 184 g/mol. The van der Waals surface area contributed by atoms with Gasteiger partial charge in [0, 0.05) is 19.6 Å². The van der Waals surface area contributed by atoms with Crippen LogP contribution in [0.2, 0.25) is 0 Å². The van der Waals surface area contributed by atoms with Gasteiger partial charge in [0.05, 0.1) is 0 Å². The molecule has 0 saturated carbocycles. The molecule has 2 fully saturated rings. The lowest BCUT2D eigenvalue weighted by molar-refractivity contribution is 0.0115. The summed E-state index contributed by atoms with van der Waals surface area (Å²) in [7, 11) is 0. The van der Waals surface area contributed by atoms with E-state index >= 15 is 0 Å². The molecule has 0 aromatic rings. The maximum atomic E-state index is 3.50. The topological polar surface area (TPSA) is 15.3 Å². The summed E-state index contributed by atoms with van der Waals surface area (Å²) in [6.07, 6.45) is 2.81. The number of nitrogens with one attached hydrogen (secondary N) is 1. The summed E-state index contributed by atoms with van der Waals surface area (Å²) in [5, 5.41) is 3.50. The van der Waals surface area contributed by atoms with Crippen molar-refractivity contribution in [2.45, 2.75) is 33.6 Å². The first-order valence-electron chi connectivity index (χ1n) is 6.49. The van der Waals surface area contributed by atoms with E-state index in [9.17, 15) is 0 Å². The SMILES string of the molecule is CC(C)(C)C1CN(CC2CCCNC2)C1. The maximum Gasteiger partial charge on any atom is 0.00272 e. The Bertz CT molecular complexity index is 195. The molecule has 0 amide bonds. The second-order valence-corrected chi connectivity index (χ2v) is 6.49. The van der Waals surface area contributed by atoms with Crippen LogP contribution in [0.3, 0.4) is 0 Å². The number of likely N-dealkylation sites (tertiary alicyclic amines) is 1. The lowest BCUT2D eigenvalue weighted by atomic mass is 9.75. The highest BCUT2D eigenvalue weighted by Gasteiger charge is 2.36. The van der Waals surface area contributed by atoms with Crippen molar-refractivity contribution in [3.05, 3.63) is 0 Å². The van der Waals surface area contributed by atoms with Crippen LogP contribution in [0.1, 0.15) is 33.6 Å². The molecule has 0 spiro atoms. The van der Waals surface area contributed by atoms with Crippen molar-refractivity contribution in [1.29, 1.82) is 0 Å². The van der Waals surface area contributed by atoms with Crippen molar-refractivity contribution in [1.82, 2.24) is 10.2 Å². The molecule has 1 N–H and O–H groups in total. The molecule has 2 saturated heterocycles. The van der Waals surface area contributed by atoms with Crippen molar-refractivity contribution in [3.63, 3.8) is 0 Å². The Morgan fingerprint density at radius 2 is 2.00 bits per heavy atom. The van der Waals surface area contributed by atoms with E-state index in [1.54, 1.807) is 0 Å². The highest BCUT2D eigenvalue weighted by atomic mass is 15.2. The Kier molecular flexibility index (Phi) is 3.36. The van der Waals surface area contributed by atoms with E-state index in [1.807, 2.05) is 0 Å². The molecular formula is C13H26N2. The predicted octanol–water partition coefficient (Wildman–Crippen LogP) is 1.96. The third kappa shape index (κ3) is 2.94. The van der Waals surface area contributed by atoms with Crippen LogP contribution in [0.15, 0.2) is 0 Å². The van der Waals surface area contributed by atoms with E-state index in [-0.39, 0.29) is 0 Å². The van der Waals surface area contributed by atoms with E-state index in [0.29, 0.717) is 5.41 Å². The van der Waals surface area contributed by atoms with Gasteiger partial charge in [-0.3, -0.25) is 0 Å². The molecule has 0 radical (unpaired) electrons. The Labute approximate surface area is 94.4 Å². The molecule has 0 aliphatic carbocycles. The minimum absolute atomic E-state index is 0.515. The standard InChI is InChI=1S/C13H26N2/c1-13(2,3)12-9-15(10-12)8-11-5-4-6-14-7-11/h11-12,14H,4-10H2,1-3H3. The summed E-state index contributed by atoms with van der Waals surface area (Å²) in [6, 6.07) is 0. The molecule has 2 heterocycles. The van der Waals surface area contributed by atoms with E-state index in [1.165, 1.54) is 45.6 Å². The van der Waals surface area contributed by atoms with Gasteiger partial charge in [0.1, 0.15) is 0 Å². The summed E-state index contributed by atoms with van der Waals surface area (Å²) in [6.45, 7) is 13.6. The van der Waals surface area contributed by atoms with Crippen molar-refractivity contribution < 1.29 is 0 Å². The van der Waals surface area contributed by atoms with Gasteiger partial charge in [0.2, 0.25) is 0 Å². The molecule has 2 aliphatic heterocycles. The molecule has 2 aliphatic rings. The first kappa shape index (κ1) is 11.4. The zero-order valence-corrected chi connectivity index (χ0v) is 10.6. The number of nitrogens with zero attached hydrogens (tertiary/aromatic N) is 1. The maximum absolute atomic E-state index is 3.50. The van der Waals surface area contributed by atoms with Gasteiger partial charge in [-0.2, -0.15) is 0 Å². The third-order valence-electron chi connectivity index (χ3n) is 4.10. The van der Waals surface area contributed by atoms with Gasteiger partial charge in [-0.15, -0.1) is 0 Å². The molecule has 2 rings (SSSR count). The normalized spacial score (nSPS) is 30.2. The second-order valence-electron chi connectivity index (χ2n) is 6.49. The Morgan fingerprint density at radius 1 is 1.27 bits per heavy atom. The largest absolute Gasteiger partial charge is 0.316 e. The van der Waals surface area contributed by atoms with Crippen molar-refractivity contribution in [3.8, 4) is 0 Å². The van der Waals surface area contributed by atoms with Crippen LogP contribution in [0.25, 0.3) is 0 Å². The summed E-state index contributed by atoms with van der Waals surface area (Å²) in [5.74, 6) is 1.84. The van der Waals surface area contributed by atoms with Gasteiger partial charge >= 0.3 is 0 Å². The van der Waals surface area contributed by atoms with Crippen molar-refractivity contribution >= 4 is 0 Å². The molecule has 1 unspecified atom stereocenters. The van der Waals surface area contributed by atoms with E-state index < -0.39 is 0 Å². The zero-order chi connectivity index (χ0) is 10.9. The molecule has 0 aromatic heterocycles. The smallest absolute Gasteiger partial charge is 0.00272 e. The second kappa shape index (κ2) is 4.42. The monoisotopic (exact) mass is 210 g/mol. The summed E-state index contributed by atoms with van der Waals surface area (Å²) in [5.41, 5.74) is 0.515. The summed E-state index contributed by atoms with van der Waals surface area (Å²) < 4.78 is 0. The van der Waals surface area contributed by atoms with Gasteiger partial charge in [-0.25, -0.2) is 0 Å². The van der Waals surface area contributed by atoms with E-state index in [4.69, 9.17) is 0 Å². The van der Waals surface area contributed by atoms with Crippen molar-refractivity contribution in [2.24, 2.45) is 17.3 Å². The minimum Gasteiger partial charge on any atom is -0.316 e. The Balaban J connectivity index is 1.67. The molecule has 0 aromatic carbocycles. The molecule has 88 valence electrons. The quantitative estimate of drug-likeness (QED) is 0.749. The van der Waals surface area contributed by atoms with E-state index in [2.05, 4.69) is 31.0 Å². The van der Waals surface area contributed by atoms with E-state index in [0.717, 1.165) is 11.8 Å². The lowest BCUT2D eigenvalue weighted by Crippen LogP contribution is -2.54. The zero-order valence-electron chi connectivity index (χ0n) is 10.6. The van der Waals surface area contributed by atoms with Gasteiger partial charge in [-0.1, -0.05) is 20.8 Å². The number of hydrogen-bond acceptors (Lipinski definition) is 2. The van der Waals surface area contributed by atoms with Crippen LogP contribution < -0.4 is 5.32 Å². The molecule has 1 atom stereocenters. The fourth-order valence-electron chi connectivity index (χ4n) is 2.71. The first-order valence-corrected chi connectivity index (χ1v) is 6.49. The molecule has 2 nitrogen and oxygen atoms in total. The third-order valence-corrected chi connectivity index (χ3v) is 4.10. The molecule has 2 heteroatoms. The summed E-state index contributed by atoms with van der Waals surface area (Å²) >= 11 is 0. The highest BCUT2D eigenvalue weighted by Crippen LogP contribution is 2.34. The van der Waals surface area contributed by atoms with Gasteiger partial charge in [0.15, 0.2) is 0 Å². The minimum atomic E-state index is 0.515. The Morgan fingerprint density at radius 3 is 2.53 bits per heavy atom. The van der Waals surface area contributed by atoms with Crippen LogP contribution in [-0.4, -0.2) is 37.6 Å². The van der Waals surface area contributed by atoms with Crippen LogP contribution in [0.4, 0.5) is 0 Å². The highest BCUT2D eigenvalue weighted by molar-refractivity contribution is 4.89. The first-order chi connectivity index (χ1) is 7.05.